The second-order valence-electron chi connectivity index (χ2n) is 7.67. The van der Waals surface area contributed by atoms with Crippen LogP contribution in [0.3, 0.4) is 0 Å². The number of carbonyl (C=O) groups is 3. The molecule has 6 nitrogen and oxygen atoms in total. The summed E-state index contributed by atoms with van der Waals surface area (Å²) >= 11 is 0. The van der Waals surface area contributed by atoms with Gasteiger partial charge in [0.15, 0.2) is 5.78 Å². The largest absolute Gasteiger partial charge is 0.417 e. The van der Waals surface area contributed by atoms with Crippen molar-refractivity contribution in [3.05, 3.63) is 75.9 Å². The number of rotatable bonds is 7. The van der Waals surface area contributed by atoms with Crippen LogP contribution < -0.4 is 10.8 Å². The summed E-state index contributed by atoms with van der Waals surface area (Å²) in [4.78, 5) is 36.4. The fraction of sp³-hybridized carbons (Fsp3) is 0.292. The first-order valence-corrected chi connectivity index (χ1v) is 10.5. The predicted octanol–water partition coefficient (Wildman–Crippen LogP) is 4.32. The Bertz CT molecular complexity index is 1080. The minimum Gasteiger partial charge on any atom is -0.352 e. The number of amides is 2. The number of fused-ring (bicyclic) bond motifs is 1. The standard InChI is InChI=1S/C24H23F3N2O4/c25-24(26,27)21-17-10-9-16(14-15-6-2-1-3-7-15)22(31)18(17)11-12-19(21)23(32)28-13-5-4-8-20(30)29-33/h1-3,6-7,11-12,14,33H,4-5,8-10,13H2,(H,28,32)(H,29,30). The van der Waals surface area contributed by atoms with Crippen molar-refractivity contribution >= 4 is 23.7 Å². The molecule has 2 aromatic rings. The average Bonchev–Trinajstić information content (AvgIpc) is 2.79. The van der Waals surface area contributed by atoms with Crippen LogP contribution in [0, 0.1) is 0 Å². The minimum atomic E-state index is -4.81. The smallest absolute Gasteiger partial charge is 0.352 e. The van der Waals surface area contributed by atoms with Gasteiger partial charge in [-0.05, 0) is 55.0 Å². The molecule has 9 heteroatoms. The molecule has 3 rings (SSSR count). The fourth-order valence-corrected chi connectivity index (χ4v) is 3.83. The molecule has 2 amide bonds. The Morgan fingerprint density at radius 3 is 2.42 bits per heavy atom. The van der Waals surface area contributed by atoms with Crippen molar-refractivity contribution in [3.8, 4) is 0 Å². The van der Waals surface area contributed by atoms with E-state index in [0.29, 0.717) is 18.4 Å². The summed E-state index contributed by atoms with van der Waals surface area (Å²) in [5, 5.41) is 10.9. The molecular formula is C24H23F3N2O4. The van der Waals surface area contributed by atoms with Crippen molar-refractivity contribution < 1.29 is 32.8 Å². The number of carbonyl (C=O) groups excluding carboxylic acids is 3. The predicted molar refractivity (Wildman–Crippen MR) is 115 cm³/mol. The molecule has 0 bridgehead atoms. The molecule has 0 saturated carbocycles. The third kappa shape index (κ3) is 5.87. The molecule has 1 aliphatic rings. The van der Waals surface area contributed by atoms with Crippen molar-refractivity contribution in [3.63, 3.8) is 0 Å². The Labute approximate surface area is 188 Å². The van der Waals surface area contributed by atoms with Gasteiger partial charge in [-0.25, -0.2) is 5.48 Å². The van der Waals surface area contributed by atoms with Crippen molar-refractivity contribution in [2.75, 3.05) is 6.54 Å². The summed E-state index contributed by atoms with van der Waals surface area (Å²) in [6.45, 7) is 0.0643. The number of hydrogen-bond acceptors (Lipinski definition) is 4. The molecule has 3 N–H and O–H groups in total. The van der Waals surface area contributed by atoms with E-state index < -0.39 is 34.9 Å². The summed E-state index contributed by atoms with van der Waals surface area (Å²) in [5.74, 6) is -1.95. The highest BCUT2D eigenvalue weighted by Gasteiger charge is 2.40. The third-order valence-electron chi connectivity index (χ3n) is 5.40. The van der Waals surface area contributed by atoms with Gasteiger partial charge in [0, 0.05) is 24.1 Å². The number of hydroxylamine groups is 1. The molecule has 0 saturated heterocycles. The van der Waals surface area contributed by atoms with Crippen LogP contribution in [0.2, 0.25) is 0 Å². The van der Waals surface area contributed by atoms with Crippen LogP contribution in [0.5, 0.6) is 0 Å². The Kier molecular flexibility index (Phi) is 7.65. The summed E-state index contributed by atoms with van der Waals surface area (Å²) in [7, 11) is 0. The first kappa shape index (κ1) is 24.2. The number of halogens is 3. The Hall–Kier alpha value is -3.46. The van der Waals surface area contributed by atoms with Crippen LogP contribution in [-0.2, 0) is 17.4 Å². The van der Waals surface area contributed by atoms with E-state index in [1.54, 1.807) is 18.2 Å². The lowest BCUT2D eigenvalue weighted by Gasteiger charge is -2.24. The number of alkyl halides is 3. The molecule has 1 aliphatic carbocycles. The van der Waals surface area contributed by atoms with Crippen molar-refractivity contribution in [1.29, 1.82) is 0 Å². The van der Waals surface area contributed by atoms with Crippen LogP contribution in [0.4, 0.5) is 13.2 Å². The normalized spacial score (nSPS) is 14.7. The topological polar surface area (TPSA) is 95.5 Å². The average molecular weight is 460 g/mol. The zero-order valence-electron chi connectivity index (χ0n) is 17.7. The van der Waals surface area contributed by atoms with Gasteiger partial charge in [-0.1, -0.05) is 30.3 Å². The van der Waals surface area contributed by atoms with E-state index in [4.69, 9.17) is 5.21 Å². The van der Waals surface area contributed by atoms with E-state index in [1.807, 2.05) is 18.2 Å². The zero-order valence-corrected chi connectivity index (χ0v) is 17.7. The number of unbranched alkanes of at least 4 members (excludes halogenated alkanes) is 1. The third-order valence-corrected chi connectivity index (χ3v) is 5.40. The van der Waals surface area contributed by atoms with Gasteiger partial charge in [-0.15, -0.1) is 0 Å². The molecule has 0 fully saturated rings. The summed E-state index contributed by atoms with van der Waals surface area (Å²) in [6, 6.07) is 11.4. The van der Waals surface area contributed by atoms with Gasteiger partial charge in [-0.3, -0.25) is 19.6 Å². The maximum atomic E-state index is 14.0. The van der Waals surface area contributed by atoms with Crippen LogP contribution in [0.25, 0.3) is 6.08 Å². The monoisotopic (exact) mass is 460 g/mol. The Morgan fingerprint density at radius 2 is 1.76 bits per heavy atom. The Morgan fingerprint density at radius 1 is 1.03 bits per heavy atom. The van der Waals surface area contributed by atoms with E-state index in [-0.39, 0.29) is 36.9 Å². The summed E-state index contributed by atoms with van der Waals surface area (Å²) in [6.07, 6.45) is -2.28. The SMILES string of the molecule is O=C(CCCCNC(=O)c1ccc2c(c1C(F)(F)F)CCC(=Cc1ccccc1)C2=O)NO. The van der Waals surface area contributed by atoms with Crippen LogP contribution in [-0.4, -0.2) is 29.3 Å². The number of hydrogen-bond donors (Lipinski definition) is 3. The van der Waals surface area contributed by atoms with Crippen LogP contribution in [0.15, 0.2) is 48.0 Å². The highest BCUT2D eigenvalue weighted by Crippen LogP contribution is 2.40. The van der Waals surface area contributed by atoms with E-state index in [9.17, 15) is 27.6 Å². The number of ketones is 1. The first-order valence-electron chi connectivity index (χ1n) is 10.5. The van der Waals surface area contributed by atoms with Gasteiger partial charge in [0.1, 0.15) is 0 Å². The lowest BCUT2D eigenvalue weighted by atomic mass is 9.81. The molecule has 174 valence electrons. The maximum Gasteiger partial charge on any atom is 0.417 e. The van der Waals surface area contributed by atoms with Crippen molar-refractivity contribution in [2.45, 2.75) is 38.3 Å². The molecule has 0 unspecified atom stereocenters. The molecule has 33 heavy (non-hydrogen) atoms. The molecule has 0 radical (unpaired) electrons. The second kappa shape index (κ2) is 10.4. The fourth-order valence-electron chi connectivity index (χ4n) is 3.83. The molecule has 0 aliphatic heterocycles. The van der Waals surface area contributed by atoms with E-state index in [0.717, 1.165) is 11.6 Å². The van der Waals surface area contributed by atoms with Crippen molar-refractivity contribution in [1.82, 2.24) is 10.8 Å². The maximum absolute atomic E-state index is 14.0. The number of nitrogens with one attached hydrogen (secondary N) is 2. The number of Topliss-reactive ketones (excluding diaryl/α,β-unsaturated/α-hetero) is 1. The summed E-state index contributed by atoms with van der Waals surface area (Å²) < 4.78 is 41.9. The molecule has 0 aromatic heterocycles. The molecule has 0 spiro atoms. The second-order valence-corrected chi connectivity index (χ2v) is 7.67. The number of benzene rings is 2. The van der Waals surface area contributed by atoms with Gasteiger partial charge in [0.2, 0.25) is 5.91 Å². The van der Waals surface area contributed by atoms with E-state index in [1.165, 1.54) is 11.5 Å². The lowest BCUT2D eigenvalue weighted by molar-refractivity contribution is -0.138. The van der Waals surface area contributed by atoms with E-state index in [2.05, 4.69) is 5.32 Å². The van der Waals surface area contributed by atoms with Gasteiger partial charge in [-0.2, -0.15) is 13.2 Å². The quantitative estimate of drug-likeness (QED) is 0.248. The minimum absolute atomic E-state index is 0.00796. The molecule has 0 heterocycles. The zero-order chi connectivity index (χ0) is 24.0. The van der Waals surface area contributed by atoms with Crippen LogP contribution >= 0.6 is 0 Å². The van der Waals surface area contributed by atoms with Crippen LogP contribution in [0.1, 0.15) is 63.1 Å². The molecule has 2 aromatic carbocycles. The highest BCUT2D eigenvalue weighted by molar-refractivity contribution is 6.14. The van der Waals surface area contributed by atoms with Gasteiger partial charge < -0.3 is 5.32 Å². The van der Waals surface area contributed by atoms with Gasteiger partial charge in [0.25, 0.3) is 5.91 Å². The van der Waals surface area contributed by atoms with Gasteiger partial charge in [0.05, 0.1) is 11.1 Å². The number of allylic oxidation sites excluding steroid dienone is 1. The van der Waals surface area contributed by atoms with E-state index >= 15 is 0 Å². The highest BCUT2D eigenvalue weighted by atomic mass is 19.4. The Balaban J connectivity index is 1.83. The molecular weight excluding hydrogens is 437 g/mol. The first-order chi connectivity index (χ1) is 15.7. The molecule has 0 atom stereocenters. The van der Waals surface area contributed by atoms with Crippen molar-refractivity contribution in [2.24, 2.45) is 0 Å². The lowest BCUT2D eigenvalue weighted by Crippen LogP contribution is -2.30. The van der Waals surface area contributed by atoms with Gasteiger partial charge >= 0.3 is 6.18 Å². The summed E-state index contributed by atoms with van der Waals surface area (Å²) in [5.41, 5.74) is 0.877.